The molecule has 0 bridgehead atoms. The van der Waals surface area contributed by atoms with E-state index in [9.17, 15) is 9.90 Å². The van der Waals surface area contributed by atoms with Gasteiger partial charge in [0.25, 0.3) is 5.91 Å². The molecule has 166 valence electrons. The predicted octanol–water partition coefficient (Wildman–Crippen LogP) is 2.94. The van der Waals surface area contributed by atoms with E-state index in [4.69, 9.17) is 23.2 Å². The van der Waals surface area contributed by atoms with Crippen LogP contribution >= 0.6 is 23.2 Å². The lowest BCUT2D eigenvalue weighted by Crippen LogP contribution is -2.54. The van der Waals surface area contributed by atoms with Gasteiger partial charge in [-0.15, -0.1) is 0 Å². The van der Waals surface area contributed by atoms with E-state index < -0.39 is 6.10 Å². The van der Waals surface area contributed by atoms with Crippen molar-refractivity contribution in [2.75, 3.05) is 44.2 Å². The second-order valence-electron chi connectivity index (χ2n) is 8.21. The molecular weight excluding hydrogens is 449 g/mol. The molecule has 1 N–H and O–H groups in total. The average Bonchev–Trinajstić information content (AvgIpc) is 3.21. The molecule has 0 radical (unpaired) electrons. The third-order valence-electron chi connectivity index (χ3n) is 6.26. The Morgan fingerprint density at radius 2 is 1.75 bits per heavy atom. The Kier molecular flexibility index (Phi) is 5.90. The van der Waals surface area contributed by atoms with Gasteiger partial charge < -0.3 is 14.9 Å². The molecule has 32 heavy (non-hydrogen) atoms. The lowest BCUT2D eigenvalue weighted by molar-refractivity contribution is 0.0376. The minimum Gasteiger partial charge on any atom is -0.390 e. The standard InChI is InChI=1S/C23H23Cl2N5O2/c24-16-6-4-15(5-7-16)23(32)29-10-8-28(9-11-29)19-13-30(14-20(19)31)21-12-26-18-3-1-2-17(25)22(18)27-21/h1-7,12,19-20,31H,8-11,13-14H2. The normalized spacial score (nSPS) is 22.0. The molecule has 3 aromatic rings. The molecule has 7 nitrogen and oxygen atoms in total. The number of carbonyl (C=O) groups is 1. The zero-order valence-electron chi connectivity index (χ0n) is 17.4. The number of hydrogen-bond donors (Lipinski definition) is 1. The fourth-order valence-corrected chi connectivity index (χ4v) is 4.83. The van der Waals surface area contributed by atoms with Crippen molar-refractivity contribution in [1.82, 2.24) is 19.8 Å². The highest BCUT2D eigenvalue weighted by Gasteiger charge is 2.38. The second-order valence-corrected chi connectivity index (χ2v) is 9.05. The number of rotatable bonds is 3. The van der Waals surface area contributed by atoms with Crippen molar-refractivity contribution >= 4 is 46.0 Å². The number of para-hydroxylation sites is 1. The van der Waals surface area contributed by atoms with Gasteiger partial charge in [-0.05, 0) is 36.4 Å². The quantitative estimate of drug-likeness (QED) is 0.632. The summed E-state index contributed by atoms with van der Waals surface area (Å²) in [6.45, 7) is 3.80. The summed E-state index contributed by atoms with van der Waals surface area (Å²) >= 11 is 12.2. The van der Waals surface area contributed by atoms with Gasteiger partial charge in [-0.25, -0.2) is 4.98 Å². The predicted molar refractivity (Wildman–Crippen MR) is 125 cm³/mol. The number of aliphatic hydroxyl groups excluding tert-OH is 1. The lowest BCUT2D eigenvalue weighted by Gasteiger charge is -2.38. The molecular formula is C23H23Cl2N5O2. The number of fused-ring (bicyclic) bond motifs is 1. The van der Waals surface area contributed by atoms with Gasteiger partial charge in [0.1, 0.15) is 11.3 Å². The first-order valence-corrected chi connectivity index (χ1v) is 11.4. The first kappa shape index (κ1) is 21.4. The molecule has 2 unspecified atom stereocenters. The summed E-state index contributed by atoms with van der Waals surface area (Å²) in [6, 6.07) is 12.5. The molecule has 0 saturated carbocycles. The van der Waals surface area contributed by atoms with Gasteiger partial charge in [-0.1, -0.05) is 29.3 Å². The van der Waals surface area contributed by atoms with E-state index in [1.807, 2.05) is 17.0 Å². The van der Waals surface area contributed by atoms with Gasteiger partial charge in [-0.2, -0.15) is 0 Å². The van der Waals surface area contributed by atoms with E-state index in [-0.39, 0.29) is 11.9 Å². The van der Waals surface area contributed by atoms with Crippen molar-refractivity contribution in [3.8, 4) is 0 Å². The van der Waals surface area contributed by atoms with E-state index in [0.717, 1.165) is 5.52 Å². The van der Waals surface area contributed by atoms with Crippen molar-refractivity contribution in [3.05, 3.63) is 64.3 Å². The van der Waals surface area contributed by atoms with E-state index in [0.29, 0.717) is 66.2 Å². The summed E-state index contributed by atoms with van der Waals surface area (Å²) in [6.07, 6.45) is 1.23. The van der Waals surface area contributed by atoms with Crippen molar-refractivity contribution in [1.29, 1.82) is 0 Å². The molecule has 2 aliphatic rings. The van der Waals surface area contributed by atoms with Gasteiger partial charge in [0.2, 0.25) is 0 Å². The second kappa shape index (κ2) is 8.83. The van der Waals surface area contributed by atoms with Crippen LogP contribution in [0.4, 0.5) is 5.82 Å². The molecule has 2 saturated heterocycles. The Bertz CT molecular complexity index is 1130. The number of benzene rings is 2. The number of halogens is 2. The highest BCUT2D eigenvalue weighted by Crippen LogP contribution is 2.26. The summed E-state index contributed by atoms with van der Waals surface area (Å²) in [5.41, 5.74) is 2.06. The fourth-order valence-electron chi connectivity index (χ4n) is 4.49. The van der Waals surface area contributed by atoms with Crippen LogP contribution in [0, 0.1) is 0 Å². The summed E-state index contributed by atoms with van der Waals surface area (Å²) in [5, 5.41) is 11.9. The summed E-state index contributed by atoms with van der Waals surface area (Å²) < 4.78 is 0. The summed E-state index contributed by atoms with van der Waals surface area (Å²) in [5.74, 6) is 0.724. The first-order chi connectivity index (χ1) is 15.5. The lowest BCUT2D eigenvalue weighted by atomic mass is 10.1. The largest absolute Gasteiger partial charge is 0.390 e. The number of amides is 1. The third-order valence-corrected chi connectivity index (χ3v) is 6.81. The summed E-state index contributed by atoms with van der Waals surface area (Å²) in [7, 11) is 0. The van der Waals surface area contributed by atoms with Crippen molar-refractivity contribution in [3.63, 3.8) is 0 Å². The van der Waals surface area contributed by atoms with Crippen LogP contribution in [-0.2, 0) is 0 Å². The number of carbonyl (C=O) groups excluding carboxylic acids is 1. The SMILES string of the molecule is O=C(c1ccc(Cl)cc1)N1CCN(C2CN(c3cnc4cccc(Cl)c4n3)CC2O)CC1. The molecule has 1 amide bonds. The van der Waals surface area contributed by atoms with Crippen molar-refractivity contribution in [2.24, 2.45) is 0 Å². The molecule has 3 heterocycles. The number of piperazine rings is 1. The van der Waals surface area contributed by atoms with Crippen molar-refractivity contribution in [2.45, 2.75) is 12.1 Å². The molecule has 9 heteroatoms. The number of aromatic nitrogens is 2. The maximum absolute atomic E-state index is 12.8. The Morgan fingerprint density at radius 1 is 1.00 bits per heavy atom. The Labute approximate surface area is 196 Å². The van der Waals surface area contributed by atoms with E-state index in [2.05, 4.69) is 19.8 Å². The Balaban J connectivity index is 1.23. The van der Waals surface area contributed by atoms with Crippen LogP contribution in [0.25, 0.3) is 11.0 Å². The van der Waals surface area contributed by atoms with Crippen LogP contribution in [-0.4, -0.2) is 82.2 Å². The molecule has 0 aliphatic carbocycles. The molecule has 0 spiro atoms. The fraction of sp³-hybridized carbons (Fsp3) is 0.348. The van der Waals surface area contributed by atoms with Crippen LogP contribution in [0.3, 0.4) is 0 Å². The van der Waals surface area contributed by atoms with Gasteiger partial charge in [-0.3, -0.25) is 14.7 Å². The maximum atomic E-state index is 12.8. The molecule has 2 fully saturated rings. The van der Waals surface area contributed by atoms with Gasteiger partial charge >= 0.3 is 0 Å². The number of hydrogen-bond acceptors (Lipinski definition) is 6. The number of aliphatic hydroxyl groups is 1. The number of β-amino-alcohol motifs (C(OH)–C–C–N with tert-alkyl or cyclic N) is 1. The minimum atomic E-state index is -0.503. The molecule has 2 atom stereocenters. The van der Waals surface area contributed by atoms with E-state index in [1.165, 1.54) is 0 Å². The topological polar surface area (TPSA) is 72.8 Å². The monoisotopic (exact) mass is 471 g/mol. The molecule has 5 rings (SSSR count). The zero-order chi connectivity index (χ0) is 22.2. The zero-order valence-corrected chi connectivity index (χ0v) is 18.9. The van der Waals surface area contributed by atoms with Crippen LogP contribution < -0.4 is 4.90 Å². The Morgan fingerprint density at radius 3 is 2.50 bits per heavy atom. The minimum absolute atomic E-state index is 0.0123. The number of nitrogens with zero attached hydrogens (tertiary/aromatic N) is 5. The van der Waals surface area contributed by atoms with Crippen molar-refractivity contribution < 1.29 is 9.90 Å². The van der Waals surface area contributed by atoms with E-state index in [1.54, 1.807) is 36.5 Å². The summed E-state index contributed by atoms with van der Waals surface area (Å²) in [4.78, 5) is 28.1. The molecule has 2 aliphatic heterocycles. The first-order valence-electron chi connectivity index (χ1n) is 10.6. The van der Waals surface area contributed by atoms with E-state index >= 15 is 0 Å². The van der Waals surface area contributed by atoms with Gasteiger partial charge in [0.15, 0.2) is 0 Å². The third kappa shape index (κ3) is 4.13. The van der Waals surface area contributed by atoms with Crippen LogP contribution in [0.5, 0.6) is 0 Å². The van der Waals surface area contributed by atoms with Crippen LogP contribution in [0.15, 0.2) is 48.7 Å². The highest BCUT2D eigenvalue weighted by molar-refractivity contribution is 6.34. The smallest absolute Gasteiger partial charge is 0.253 e. The Hall–Kier alpha value is -2.45. The van der Waals surface area contributed by atoms with Crippen LogP contribution in [0.1, 0.15) is 10.4 Å². The van der Waals surface area contributed by atoms with Gasteiger partial charge in [0.05, 0.1) is 28.9 Å². The number of anilines is 1. The van der Waals surface area contributed by atoms with Crippen LogP contribution in [0.2, 0.25) is 10.0 Å². The highest BCUT2D eigenvalue weighted by atomic mass is 35.5. The van der Waals surface area contributed by atoms with Gasteiger partial charge in [0, 0.05) is 49.9 Å². The molecule has 1 aromatic heterocycles. The molecule has 2 aromatic carbocycles. The maximum Gasteiger partial charge on any atom is 0.253 e. The average molecular weight is 472 g/mol.